The first-order valence-corrected chi connectivity index (χ1v) is 10.3. The van der Waals surface area contributed by atoms with Gasteiger partial charge in [-0.3, -0.25) is 14.3 Å². The van der Waals surface area contributed by atoms with Gasteiger partial charge < -0.3 is 5.32 Å². The lowest BCUT2D eigenvalue weighted by Crippen LogP contribution is -2.26. The summed E-state index contributed by atoms with van der Waals surface area (Å²) in [6.07, 6.45) is 1.82. The highest BCUT2D eigenvalue weighted by molar-refractivity contribution is 7.92. The van der Waals surface area contributed by atoms with E-state index in [1.165, 1.54) is 12.1 Å². The fraction of sp³-hybridized carbons (Fsp3) is 0.300. The molecule has 4 rings (SSSR count). The van der Waals surface area contributed by atoms with E-state index < -0.39 is 15.4 Å². The highest BCUT2D eigenvalue weighted by atomic mass is 32.2. The van der Waals surface area contributed by atoms with Crippen molar-refractivity contribution in [2.24, 2.45) is 5.92 Å². The lowest BCUT2D eigenvalue weighted by molar-refractivity contribution is -0.119. The van der Waals surface area contributed by atoms with Gasteiger partial charge in [0.25, 0.3) is 10.0 Å². The summed E-state index contributed by atoms with van der Waals surface area (Å²) in [5.74, 6) is 0.0509. The molecular formula is C20H20N2O4S. The number of amides is 1. The van der Waals surface area contributed by atoms with E-state index >= 15 is 0 Å². The molecule has 0 saturated heterocycles. The molecule has 2 aromatic rings. The van der Waals surface area contributed by atoms with Crippen molar-refractivity contribution in [1.82, 2.24) is 0 Å². The molecule has 0 unspecified atom stereocenters. The van der Waals surface area contributed by atoms with E-state index in [0.717, 1.165) is 18.4 Å². The Bertz CT molecular complexity index is 1050. The van der Waals surface area contributed by atoms with Crippen molar-refractivity contribution in [2.75, 3.05) is 10.0 Å². The third kappa shape index (κ3) is 3.12. The molecule has 1 aliphatic carbocycles. The number of hydrogen-bond donors (Lipinski definition) is 2. The Morgan fingerprint density at radius 1 is 1.11 bits per heavy atom. The molecule has 1 saturated carbocycles. The summed E-state index contributed by atoms with van der Waals surface area (Å²) in [5, 5.41) is 2.79. The Morgan fingerprint density at radius 2 is 1.78 bits per heavy atom. The molecule has 0 radical (unpaired) electrons. The second-order valence-electron chi connectivity index (χ2n) is 7.61. The molecule has 27 heavy (non-hydrogen) atoms. The van der Waals surface area contributed by atoms with Crippen LogP contribution in [0.1, 0.15) is 42.6 Å². The van der Waals surface area contributed by atoms with E-state index in [9.17, 15) is 18.0 Å². The monoisotopic (exact) mass is 384 g/mol. The first-order valence-electron chi connectivity index (χ1n) is 8.81. The first kappa shape index (κ1) is 17.7. The van der Waals surface area contributed by atoms with Gasteiger partial charge in [-0.2, -0.15) is 0 Å². The van der Waals surface area contributed by atoms with Gasteiger partial charge in [-0.1, -0.05) is 12.1 Å². The number of sulfonamides is 1. The average Bonchev–Trinajstić information content (AvgIpc) is 3.44. The molecule has 1 amide bonds. The van der Waals surface area contributed by atoms with Crippen LogP contribution in [-0.4, -0.2) is 20.1 Å². The summed E-state index contributed by atoms with van der Waals surface area (Å²) >= 11 is 0. The second-order valence-corrected chi connectivity index (χ2v) is 9.29. The molecule has 2 aliphatic rings. The largest absolute Gasteiger partial charge is 0.325 e. The molecule has 7 heteroatoms. The van der Waals surface area contributed by atoms with Gasteiger partial charge in [-0.25, -0.2) is 8.42 Å². The van der Waals surface area contributed by atoms with Gasteiger partial charge in [0.1, 0.15) is 0 Å². The van der Waals surface area contributed by atoms with Gasteiger partial charge in [0.05, 0.1) is 10.3 Å². The summed E-state index contributed by atoms with van der Waals surface area (Å²) in [6, 6.07) is 11.0. The zero-order valence-electron chi connectivity index (χ0n) is 15.1. The maximum Gasteiger partial charge on any atom is 0.261 e. The molecule has 1 fully saturated rings. The molecule has 1 heterocycles. The Labute approximate surface area is 158 Å². The van der Waals surface area contributed by atoms with Crippen molar-refractivity contribution in [3.8, 4) is 0 Å². The number of rotatable bonds is 5. The SMILES string of the molecule is CC1(C)C(=O)Nc2ccc(NS(=O)(=O)c3ccc(C(=O)C4CC4)cc3)cc21. The van der Waals surface area contributed by atoms with Crippen LogP contribution in [0.15, 0.2) is 47.4 Å². The predicted octanol–water partition coefficient (Wildman–Crippen LogP) is 3.31. The van der Waals surface area contributed by atoms with Crippen molar-refractivity contribution >= 4 is 33.1 Å². The van der Waals surface area contributed by atoms with Crippen LogP contribution in [0, 0.1) is 5.92 Å². The summed E-state index contributed by atoms with van der Waals surface area (Å²) in [4.78, 5) is 24.2. The van der Waals surface area contributed by atoms with Gasteiger partial charge >= 0.3 is 0 Å². The zero-order chi connectivity index (χ0) is 19.4. The quantitative estimate of drug-likeness (QED) is 0.774. The first-order chi connectivity index (χ1) is 12.7. The molecule has 0 aromatic heterocycles. The van der Waals surface area contributed by atoms with Crippen molar-refractivity contribution < 1.29 is 18.0 Å². The van der Waals surface area contributed by atoms with E-state index in [2.05, 4.69) is 10.0 Å². The van der Waals surface area contributed by atoms with E-state index in [-0.39, 0.29) is 22.5 Å². The number of anilines is 2. The molecule has 0 bridgehead atoms. The number of Topliss-reactive ketones (excluding diaryl/α,β-unsaturated/α-hetero) is 1. The minimum atomic E-state index is -3.80. The average molecular weight is 384 g/mol. The number of ketones is 1. The van der Waals surface area contributed by atoms with Crippen LogP contribution in [0.5, 0.6) is 0 Å². The summed E-state index contributed by atoms with van der Waals surface area (Å²) in [5.41, 5.74) is 1.65. The van der Waals surface area contributed by atoms with E-state index in [0.29, 0.717) is 16.9 Å². The van der Waals surface area contributed by atoms with Crippen molar-refractivity contribution in [3.63, 3.8) is 0 Å². The highest BCUT2D eigenvalue weighted by Crippen LogP contribution is 2.39. The van der Waals surface area contributed by atoms with Crippen LogP contribution in [0.2, 0.25) is 0 Å². The molecule has 2 N–H and O–H groups in total. The van der Waals surface area contributed by atoms with Gasteiger partial charge in [-0.05, 0) is 62.6 Å². The molecule has 1 aliphatic heterocycles. The van der Waals surface area contributed by atoms with Crippen molar-refractivity contribution in [3.05, 3.63) is 53.6 Å². The lowest BCUT2D eigenvalue weighted by atomic mass is 9.86. The standard InChI is InChI=1S/C20H20N2O4S/c1-20(2)16-11-14(7-10-17(16)21-19(20)24)22-27(25,26)15-8-5-13(6-9-15)18(23)12-3-4-12/h5-12,22H,3-4H2,1-2H3,(H,21,24). The summed E-state index contributed by atoms with van der Waals surface area (Å²) < 4.78 is 27.9. The molecule has 2 aromatic carbocycles. The number of benzene rings is 2. The third-order valence-electron chi connectivity index (χ3n) is 5.16. The van der Waals surface area contributed by atoms with E-state index in [4.69, 9.17) is 0 Å². The Balaban J connectivity index is 1.58. The number of hydrogen-bond acceptors (Lipinski definition) is 4. The summed E-state index contributed by atoms with van der Waals surface area (Å²) in [7, 11) is -3.80. The van der Waals surface area contributed by atoms with Gasteiger partial charge in [-0.15, -0.1) is 0 Å². The minimum absolute atomic E-state index is 0.0740. The third-order valence-corrected chi connectivity index (χ3v) is 6.56. The van der Waals surface area contributed by atoms with E-state index in [1.54, 1.807) is 44.2 Å². The smallest absolute Gasteiger partial charge is 0.261 e. The van der Waals surface area contributed by atoms with Crippen LogP contribution in [0.3, 0.4) is 0 Å². The molecule has 0 spiro atoms. The normalized spacial score (nSPS) is 17.9. The van der Waals surface area contributed by atoms with Gasteiger partial charge in [0.15, 0.2) is 5.78 Å². The lowest BCUT2D eigenvalue weighted by Gasteiger charge is -2.16. The zero-order valence-corrected chi connectivity index (χ0v) is 15.9. The Hall–Kier alpha value is -2.67. The van der Waals surface area contributed by atoms with Crippen molar-refractivity contribution in [1.29, 1.82) is 0 Å². The van der Waals surface area contributed by atoms with Crippen LogP contribution in [-0.2, 0) is 20.2 Å². The maximum absolute atomic E-state index is 12.7. The Morgan fingerprint density at radius 3 is 2.41 bits per heavy atom. The number of carbonyl (C=O) groups excluding carboxylic acids is 2. The van der Waals surface area contributed by atoms with Gasteiger partial charge in [0.2, 0.25) is 5.91 Å². The topological polar surface area (TPSA) is 92.3 Å². The molecule has 6 nitrogen and oxygen atoms in total. The number of carbonyl (C=O) groups is 2. The minimum Gasteiger partial charge on any atom is -0.325 e. The molecule has 0 atom stereocenters. The maximum atomic E-state index is 12.7. The fourth-order valence-corrected chi connectivity index (χ4v) is 4.28. The van der Waals surface area contributed by atoms with Crippen LogP contribution < -0.4 is 10.0 Å². The predicted molar refractivity (Wildman–Crippen MR) is 102 cm³/mol. The number of nitrogens with one attached hydrogen (secondary N) is 2. The van der Waals surface area contributed by atoms with Crippen LogP contribution >= 0.6 is 0 Å². The Kier molecular flexibility index (Phi) is 3.89. The molecular weight excluding hydrogens is 364 g/mol. The van der Waals surface area contributed by atoms with E-state index in [1.807, 2.05) is 0 Å². The van der Waals surface area contributed by atoms with Crippen molar-refractivity contribution in [2.45, 2.75) is 37.0 Å². The van der Waals surface area contributed by atoms with Gasteiger partial charge in [0, 0.05) is 22.9 Å². The van der Waals surface area contributed by atoms with Crippen LogP contribution in [0.25, 0.3) is 0 Å². The fourth-order valence-electron chi connectivity index (χ4n) is 3.23. The summed E-state index contributed by atoms with van der Waals surface area (Å²) in [6.45, 7) is 3.59. The van der Waals surface area contributed by atoms with Crippen LogP contribution in [0.4, 0.5) is 11.4 Å². The molecule has 140 valence electrons. The number of fused-ring (bicyclic) bond motifs is 1. The highest BCUT2D eigenvalue weighted by Gasteiger charge is 2.38. The second kappa shape index (κ2) is 5.92.